The largest absolute Gasteiger partial charge is 0.321 e. The van der Waals surface area contributed by atoms with Crippen LogP contribution in [0.1, 0.15) is 10.4 Å². The number of halogens is 3. The van der Waals surface area contributed by atoms with E-state index in [0.717, 1.165) is 4.47 Å². The number of carbonyl (C=O) groups is 1. The maximum absolute atomic E-state index is 12.2. The number of rotatable bonds is 3. The predicted molar refractivity (Wildman–Crippen MR) is 87.9 cm³/mol. The molecular formula is C13H7Br2ClN2O3. The summed E-state index contributed by atoms with van der Waals surface area (Å²) in [4.78, 5) is 22.5. The lowest BCUT2D eigenvalue weighted by atomic mass is 10.2. The molecule has 0 bridgehead atoms. The van der Waals surface area contributed by atoms with Crippen LogP contribution >= 0.6 is 43.5 Å². The molecule has 2 rings (SSSR count). The second-order valence-electron chi connectivity index (χ2n) is 3.97. The van der Waals surface area contributed by atoms with Gasteiger partial charge in [0.15, 0.2) is 0 Å². The van der Waals surface area contributed by atoms with Crippen molar-refractivity contribution >= 4 is 60.7 Å². The van der Waals surface area contributed by atoms with E-state index in [0.29, 0.717) is 10.7 Å². The fourth-order valence-corrected chi connectivity index (χ4v) is 2.93. The Bertz CT molecular complexity index is 737. The van der Waals surface area contributed by atoms with E-state index in [9.17, 15) is 14.9 Å². The number of benzene rings is 2. The van der Waals surface area contributed by atoms with Crippen molar-refractivity contribution in [1.29, 1.82) is 0 Å². The van der Waals surface area contributed by atoms with Crippen LogP contribution in [0.25, 0.3) is 0 Å². The lowest BCUT2D eigenvalue weighted by Crippen LogP contribution is -2.13. The number of nitro benzene ring substituents is 1. The number of hydrogen-bond donors (Lipinski definition) is 1. The Kier molecular flexibility index (Phi) is 4.97. The third kappa shape index (κ3) is 3.61. The fourth-order valence-electron chi connectivity index (χ4n) is 1.62. The highest BCUT2D eigenvalue weighted by molar-refractivity contribution is 9.11. The van der Waals surface area contributed by atoms with Crippen molar-refractivity contribution in [3.8, 4) is 0 Å². The molecule has 0 aliphatic carbocycles. The summed E-state index contributed by atoms with van der Waals surface area (Å²) < 4.78 is 0.905. The standard InChI is InChI=1S/C13H7Br2ClN2O3/c14-7-4-5-10(9(16)6-7)17-13(19)8-2-1-3-11(12(8)15)18(20)21/h1-6H,(H,17,19). The van der Waals surface area contributed by atoms with Gasteiger partial charge >= 0.3 is 0 Å². The van der Waals surface area contributed by atoms with E-state index >= 15 is 0 Å². The van der Waals surface area contributed by atoms with E-state index in [-0.39, 0.29) is 15.7 Å². The van der Waals surface area contributed by atoms with Crippen LogP contribution in [0.15, 0.2) is 45.3 Å². The zero-order valence-electron chi connectivity index (χ0n) is 10.3. The van der Waals surface area contributed by atoms with Crippen LogP contribution in [0, 0.1) is 10.1 Å². The molecule has 108 valence electrons. The first-order valence-corrected chi connectivity index (χ1v) is 7.56. The smallest absolute Gasteiger partial charge is 0.284 e. The Hall–Kier alpha value is -1.44. The molecule has 0 spiro atoms. The van der Waals surface area contributed by atoms with Crippen LogP contribution in [0.5, 0.6) is 0 Å². The van der Waals surface area contributed by atoms with Gasteiger partial charge in [-0.2, -0.15) is 0 Å². The van der Waals surface area contributed by atoms with Gasteiger partial charge in [0.05, 0.1) is 21.2 Å². The van der Waals surface area contributed by atoms with E-state index in [4.69, 9.17) is 11.6 Å². The van der Waals surface area contributed by atoms with Gasteiger partial charge in [0.1, 0.15) is 4.47 Å². The number of nitro groups is 1. The lowest BCUT2D eigenvalue weighted by molar-refractivity contribution is -0.385. The molecule has 0 saturated carbocycles. The molecule has 0 aliphatic rings. The second kappa shape index (κ2) is 6.55. The number of nitrogens with one attached hydrogen (secondary N) is 1. The molecule has 21 heavy (non-hydrogen) atoms. The summed E-state index contributed by atoms with van der Waals surface area (Å²) in [5, 5.41) is 13.8. The summed E-state index contributed by atoms with van der Waals surface area (Å²) >= 11 is 12.4. The summed E-state index contributed by atoms with van der Waals surface area (Å²) in [5.41, 5.74) is 0.399. The van der Waals surface area contributed by atoms with Crippen molar-refractivity contribution in [3.63, 3.8) is 0 Å². The van der Waals surface area contributed by atoms with Crippen molar-refractivity contribution in [1.82, 2.24) is 0 Å². The number of anilines is 1. The van der Waals surface area contributed by atoms with Crippen molar-refractivity contribution < 1.29 is 9.72 Å². The van der Waals surface area contributed by atoms with E-state index in [1.54, 1.807) is 18.2 Å². The van der Waals surface area contributed by atoms with Crippen LogP contribution in [0.2, 0.25) is 5.02 Å². The highest BCUT2D eigenvalue weighted by atomic mass is 79.9. The third-order valence-corrected chi connectivity index (χ3v) is 4.24. The number of carbonyl (C=O) groups excluding carboxylic acids is 1. The van der Waals surface area contributed by atoms with Crippen molar-refractivity contribution in [3.05, 3.63) is 66.0 Å². The Morgan fingerprint density at radius 2 is 1.95 bits per heavy atom. The van der Waals surface area contributed by atoms with Gasteiger partial charge in [-0.1, -0.05) is 33.6 Å². The van der Waals surface area contributed by atoms with E-state index in [1.165, 1.54) is 18.2 Å². The summed E-state index contributed by atoms with van der Waals surface area (Å²) in [6.45, 7) is 0. The van der Waals surface area contributed by atoms with E-state index < -0.39 is 10.8 Å². The predicted octanol–water partition coefficient (Wildman–Crippen LogP) is 5.03. The van der Waals surface area contributed by atoms with Gasteiger partial charge in [-0.3, -0.25) is 14.9 Å². The van der Waals surface area contributed by atoms with Crippen LogP contribution in [0.4, 0.5) is 11.4 Å². The van der Waals surface area contributed by atoms with Gasteiger partial charge in [0, 0.05) is 10.5 Å². The molecule has 8 heteroatoms. The SMILES string of the molecule is O=C(Nc1ccc(Br)cc1Cl)c1cccc([N+](=O)[O-])c1Br. The number of nitrogens with zero attached hydrogens (tertiary/aromatic N) is 1. The molecule has 0 aromatic heterocycles. The molecule has 2 aromatic rings. The molecule has 0 saturated heterocycles. The summed E-state index contributed by atoms with van der Waals surface area (Å²) in [7, 11) is 0. The third-order valence-electron chi connectivity index (χ3n) is 2.60. The fraction of sp³-hybridized carbons (Fsp3) is 0. The van der Waals surface area contributed by atoms with Crippen molar-refractivity contribution in [2.45, 2.75) is 0 Å². The van der Waals surface area contributed by atoms with Crippen LogP contribution < -0.4 is 5.32 Å². The molecule has 0 radical (unpaired) electrons. The highest BCUT2D eigenvalue weighted by Crippen LogP contribution is 2.30. The topological polar surface area (TPSA) is 72.2 Å². The molecule has 0 fully saturated rings. The Morgan fingerprint density at radius 1 is 1.24 bits per heavy atom. The average molecular weight is 434 g/mol. The van der Waals surface area contributed by atoms with Gasteiger partial charge in [-0.25, -0.2) is 0 Å². The molecule has 0 heterocycles. The van der Waals surface area contributed by atoms with Crippen molar-refractivity contribution in [2.75, 3.05) is 5.32 Å². The number of amides is 1. The van der Waals surface area contributed by atoms with Crippen LogP contribution in [0.3, 0.4) is 0 Å². The first kappa shape index (κ1) is 15.9. The first-order chi connectivity index (χ1) is 9.90. The lowest BCUT2D eigenvalue weighted by Gasteiger charge is -2.09. The zero-order valence-corrected chi connectivity index (χ0v) is 14.2. The highest BCUT2D eigenvalue weighted by Gasteiger charge is 2.20. The Balaban J connectivity index is 2.33. The molecule has 5 nitrogen and oxygen atoms in total. The van der Waals surface area contributed by atoms with Gasteiger partial charge < -0.3 is 5.32 Å². The van der Waals surface area contributed by atoms with Crippen LogP contribution in [-0.4, -0.2) is 10.8 Å². The quantitative estimate of drug-likeness (QED) is 0.544. The molecule has 0 aliphatic heterocycles. The maximum Gasteiger partial charge on any atom is 0.284 e. The minimum absolute atomic E-state index is 0.126. The first-order valence-electron chi connectivity index (χ1n) is 5.59. The van der Waals surface area contributed by atoms with Gasteiger partial charge in [-0.05, 0) is 40.2 Å². The maximum atomic E-state index is 12.2. The summed E-state index contributed by atoms with van der Waals surface area (Å²) in [5.74, 6) is -0.491. The van der Waals surface area contributed by atoms with Gasteiger partial charge in [-0.15, -0.1) is 0 Å². The normalized spacial score (nSPS) is 10.2. The summed E-state index contributed by atoms with van der Waals surface area (Å²) in [6, 6.07) is 9.24. The molecule has 0 unspecified atom stereocenters. The molecule has 0 atom stereocenters. The Labute approximate surface area is 141 Å². The number of hydrogen-bond acceptors (Lipinski definition) is 3. The second-order valence-corrected chi connectivity index (χ2v) is 6.09. The monoisotopic (exact) mass is 432 g/mol. The Morgan fingerprint density at radius 3 is 2.57 bits per heavy atom. The zero-order chi connectivity index (χ0) is 15.6. The van der Waals surface area contributed by atoms with E-state index in [2.05, 4.69) is 37.2 Å². The van der Waals surface area contributed by atoms with E-state index in [1.807, 2.05) is 0 Å². The molecular weight excluding hydrogens is 427 g/mol. The van der Waals surface area contributed by atoms with Gasteiger partial charge in [0.25, 0.3) is 11.6 Å². The average Bonchev–Trinajstić information content (AvgIpc) is 2.41. The van der Waals surface area contributed by atoms with Crippen molar-refractivity contribution in [2.24, 2.45) is 0 Å². The van der Waals surface area contributed by atoms with Crippen LogP contribution in [-0.2, 0) is 0 Å². The minimum Gasteiger partial charge on any atom is -0.321 e. The molecule has 1 N–H and O–H groups in total. The van der Waals surface area contributed by atoms with Gasteiger partial charge in [0.2, 0.25) is 0 Å². The molecule has 1 amide bonds. The minimum atomic E-state index is -0.562. The molecule has 2 aromatic carbocycles. The summed E-state index contributed by atoms with van der Waals surface area (Å²) in [6.07, 6.45) is 0.